The van der Waals surface area contributed by atoms with Gasteiger partial charge in [0.2, 0.25) is 0 Å². The maximum Gasteiger partial charge on any atom is 0.324 e. The number of nitrogens with one attached hydrogen (secondary N) is 3. The third-order valence-electron chi connectivity index (χ3n) is 4.47. The summed E-state index contributed by atoms with van der Waals surface area (Å²) in [5, 5.41) is 3.04. The molecule has 2 heterocycles. The lowest BCUT2D eigenvalue weighted by atomic mass is 9.79. The number of fused-ring (bicyclic) bond motifs is 1. The Labute approximate surface area is 128 Å². The smallest absolute Gasteiger partial charge is 0.324 e. The molecule has 4 unspecified atom stereocenters. The van der Waals surface area contributed by atoms with Gasteiger partial charge in [-0.15, -0.1) is 0 Å². The van der Waals surface area contributed by atoms with Gasteiger partial charge in [0.25, 0.3) is 5.91 Å². The first-order valence-corrected chi connectivity index (χ1v) is 7.49. The standard InChI is InChI=1S/C15H20N4O3/c1-22-15(21)13-11-7-10(4-5-12(11)18-19-13)17-14(20)9-3-2-6-16-8-9/h2-3,6,8,10-13,18-19H,4-5,7H2,1H3,(H,17,20). The molecular formula is C15H20N4O3. The van der Waals surface area contributed by atoms with E-state index in [1.54, 1.807) is 24.5 Å². The number of hydrazine groups is 1. The first kappa shape index (κ1) is 14.9. The van der Waals surface area contributed by atoms with Crippen molar-refractivity contribution < 1.29 is 14.3 Å². The Morgan fingerprint density at radius 1 is 1.36 bits per heavy atom. The number of pyridine rings is 1. The largest absolute Gasteiger partial charge is 0.468 e. The van der Waals surface area contributed by atoms with Crippen LogP contribution >= 0.6 is 0 Å². The van der Waals surface area contributed by atoms with Crippen LogP contribution in [0, 0.1) is 5.92 Å². The second-order valence-corrected chi connectivity index (χ2v) is 5.78. The number of methoxy groups -OCH3 is 1. The van der Waals surface area contributed by atoms with E-state index >= 15 is 0 Å². The van der Waals surface area contributed by atoms with Gasteiger partial charge in [-0.2, -0.15) is 0 Å². The molecule has 2 aliphatic rings. The summed E-state index contributed by atoms with van der Waals surface area (Å²) >= 11 is 0. The Balaban J connectivity index is 1.62. The molecule has 3 N–H and O–H groups in total. The van der Waals surface area contributed by atoms with Gasteiger partial charge in [-0.25, -0.2) is 5.43 Å². The van der Waals surface area contributed by atoms with Crippen LogP contribution in [0.5, 0.6) is 0 Å². The fraction of sp³-hybridized carbons (Fsp3) is 0.533. The van der Waals surface area contributed by atoms with Crippen molar-refractivity contribution in [3.8, 4) is 0 Å². The summed E-state index contributed by atoms with van der Waals surface area (Å²) in [4.78, 5) is 28.0. The summed E-state index contributed by atoms with van der Waals surface area (Å²) in [5.41, 5.74) is 6.72. The monoisotopic (exact) mass is 304 g/mol. The molecule has 7 nitrogen and oxygen atoms in total. The molecule has 1 aromatic heterocycles. The Kier molecular flexibility index (Phi) is 4.35. The molecule has 0 radical (unpaired) electrons. The van der Waals surface area contributed by atoms with Gasteiger partial charge in [-0.1, -0.05) is 0 Å². The van der Waals surface area contributed by atoms with Crippen LogP contribution in [0.2, 0.25) is 0 Å². The van der Waals surface area contributed by atoms with Crippen molar-refractivity contribution in [2.45, 2.75) is 37.4 Å². The molecule has 3 rings (SSSR count). The highest BCUT2D eigenvalue weighted by molar-refractivity contribution is 5.94. The molecule has 0 spiro atoms. The van der Waals surface area contributed by atoms with Crippen molar-refractivity contribution in [1.29, 1.82) is 0 Å². The minimum atomic E-state index is -0.354. The molecule has 22 heavy (non-hydrogen) atoms. The van der Waals surface area contributed by atoms with E-state index < -0.39 is 0 Å². The maximum atomic E-state index is 12.2. The lowest BCUT2D eigenvalue weighted by Gasteiger charge is -2.32. The lowest BCUT2D eigenvalue weighted by molar-refractivity contribution is -0.144. The van der Waals surface area contributed by atoms with Crippen molar-refractivity contribution in [2.75, 3.05) is 7.11 Å². The quantitative estimate of drug-likeness (QED) is 0.681. The molecule has 7 heteroatoms. The number of nitrogens with zero attached hydrogens (tertiary/aromatic N) is 1. The zero-order valence-electron chi connectivity index (χ0n) is 12.4. The molecule has 1 aromatic rings. The van der Waals surface area contributed by atoms with Crippen LogP contribution < -0.4 is 16.2 Å². The first-order valence-electron chi connectivity index (χ1n) is 7.49. The molecule has 0 aromatic carbocycles. The van der Waals surface area contributed by atoms with E-state index in [9.17, 15) is 9.59 Å². The topological polar surface area (TPSA) is 92.4 Å². The highest BCUT2D eigenvalue weighted by Gasteiger charge is 2.44. The Morgan fingerprint density at radius 2 is 2.23 bits per heavy atom. The van der Waals surface area contributed by atoms with Crippen molar-refractivity contribution in [3.63, 3.8) is 0 Å². The predicted octanol–water partition coefficient (Wildman–Crippen LogP) is -0.00190. The van der Waals surface area contributed by atoms with Crippen LogP contribution in [0.15, 0.2) is 24.5 Å². The number of esters is 1. The van der Waals surface area contributed by atoms with E-state index in [1.807, 2.05) is 0 Å². The Morgan fingerprint density at radius 3 is 2.95 bits per heavy atom. The van der Waals surface area contributed by atoms with Crippen LogP contribution in [-0.4, -0.2) is 42.1 Å². The minimum Gasteiger partial charge on any atom is -0.468 e. The number of aromatic nitrogens is 1. The fourth-order valence-electron chi connectivity index (χ4n) is 3.31. The van der Waals surface area contributed by atoms with Crippen LogP contribution in [0.4, 0.5) is 0 Å². The van der Waals surface area contributed by atoms with E-state index in [4.69, 9.17) is 4.74 Å². The zero-order chi connectivity index (χ0) is 15.5. The highest BCUT2D eigenvalue weighted by Crippen LogP contribution is 2.31. The molecule has 4 atom stereocenters. The third kappa shape index (κ3) is 2.95. The van der Waals surface area contributed by atoms with E-state index in [0.29, 0.717) is 5.56 Å². The SMILES string of the molecule is COC(=O)C1NNC2CCC(NC(=O)c3cccnc3)CC21. The van der Waals surface area contributed by atoms with Gasteiger partial charge in [0.1, 0.15) is 6.04 Å². The zero-order valence-corrected chi connectivity index (χ0v) is 12.4. The number of carbonyl (C=O) groups excluding carboxylic acids is 2. The summed E-state index contributed by atoms with van der Waals surface area (Å²) in [6, 6.07) is 3.43. The predicted molar refractivity (Wildman–Crippen MR) is 78.7 cm³/mol. The van der Waals surface area contributed by atoms with Crippen molar-refractivity contribution in [3.05, 3.63) is 30.1 Å². The van der Waals surface area contributed by atoms with Gasteiger partial charge in [-0.3, -0.25) is 20.0 Å². The Bertz CT molecular complexity index is 551. The average Bonchev–Trinajstić information content (AvgIpc) is 2.98. The number of ether oxygens (including phenoxy) is 1. The van der Waals surface area contributed by atoms with Crippen molar-refractivity contribution >= 4 is 11.9 Å². The first-order chi connectivity index (χ1) is 10.7. The van der Waals surface area contributed by atoms with Crippen LogP contribution in [0.1, 0.15) is 29.6 Å². The number of hydrogen-bond donors (Lipinski definition) is 3. The number of hydrogen-bond acceptors (Lipinski definition) is 6. The fourth-order valence-corrected chi connectivity index (χ4v) is 3.31. The normalized spacial score (nSPS) is 30.4. The minimum absolute atomic E-state index is 0.0582. The van der Waals surface area contributed by atoms with E-state index in [1.165, 1.54) is 7.11 Å². The molecule has 1 saturated heterocycles. The van der Waals surface area contributed by atoms with Crippen LogP contribution in [-0.2, 0) is 9.53 Å². The van der Waals surface area contributed by atoms with Gasteiger partial charge in [0, 0.05) is 30.4 Å². The van der Waals surface area contributed by atoms with E-state index in [2.05, 4.69) is 21.2 Å². The number of rotatable bonds is 3. The molecular weight excluding hydrogens is 284 g/mol. The second-order valence-electron chi connectivity index (χ2n) is 5.78. The number of carbonyl (C=O) groups is 2. The van der Waals surface area contributed by atoms with Crippen LogP contribution in [0.3, 0.4) is 0 Å². The molecule has 0 bridgehead atoms. The van der Waals surface area contributed by atoms with Gasteiger partial charge in [0.05, 0.1) is 12.7 Å². The molecule has 1 aliphatic heterocycles. The third-order valence-corrected chi connectivity index (χ3v) is 4.47. The molecule has 118 valence electrons. The second kappa shape index (κ2) is 6.41. The van der Waals surface area contributed by atoms with Gasteiger partial charge >= 0.3 is 5.97 Å². The van der Waals surface area contributed by atoms with Crippen LogP contribution in [0.25, 0.3) is 0 Å². The summed E-state index contributed by atoms with van der Waals surface area (Å²) < 4.78 is 4.83. The summed E-state index contributed by atoms with van der Waals surface area (Å²) in [6.45, 7) is 0. The Hall–Kier alpha value is -1.99. The molecule has 1 saturated carbocycles. The van der Waals surface area contributed by atoms with Crippen molar-refractivity contribution in [1.82, 2.24) is 21.2 Å². The summed E-state index contributed by atoms with van der Waals surface area (Å²) in [6.07, 6.45) is 5.73. The summed E-state index contributed by atoms with van der Waals surface area (Å²) in [5.74, 6) is -0.260. The molecule has 2 fully saturated rings. The van der Waals surface area contributed by atoms with Gasteiger partial charge in [0.15, 0.2) is 0 Å². The van der Waals surface area contributed by atoms with Gasteiger partial charge in [-0.05, 0) is 31.4 Å². The summed E-state index contributed by atoms with van der Waals surface area (Å²) in [7, 11) is 1.39. The van der Waals surface area contributed by atoms with Crippen molar-refractivity contribution in [2.24, 2.45) is 5.92 Å². The molecule has 1 aliphatic carbocycles. The maximum absolute atomic E-state index is 12.2. The molecule has 1 amide bonds. The lowest BCUT2D eigenvalue weighted by Crippen LogP contribution is -2.46. The average molecular weight is 304 g/mol. The van der Waals surface area contributed by atoms with E-state index in [0.717, 1.165) is 19.3 Å². The highest BCUT2D eigenvalue weighted by atomic mass is 16.5. The van der Waals surface area contributed by atoms with E-state index in [-0.39, 0.29) is 35.9 Å². The van der Waals surface area contributed by atoms with Gasteiger partial charge < -0.3 is 10.1 Å². The number of amides is 1.